The van der Waals surface area contributed by atoms with Crippen LogP contribution >= 0.6 is 0 Å². The summed E-state index contributed by atoms with van der Waals surface area (Å²) in [6, 6.07) is 13.7. The van der Waals surface area contributed by atoms with E-state index in [2.05, 4.69) is 10.2 Å². The van der Waals surface area contributed by atoms with Crippen molar-refractivity contribution < 1.29 is 14.3 Å². The number of piperidine rings is 1. The Bertz CT molecular complexity index is 790. The molecule has 2 aromatic rings. The quantitative estimate of drug-likeness (QED) is 0.836. The van der Waals surface area contributed by atoms with E-state index < -0.39 is 0 Å². The fraction of sp³-hybridized carbons (Fsp3) is 0.429. The van der Waals surface area contributed by atoms with Crippen LogP contribution in [0, 0.1) is 5.92 Å². The van der Waals surface area contributed by atoms with Crippen molar-refractivity contribution in [2.24, 2.45) is 5.92 Å². The molecule has 0 aliphatic carbocycles. The van der Waals surface area contributed by atoms with Gasteiger partial charge in [-0.25, -0.2) is 0 Å². The molecular weight excluding hydrogens is 328 g/mol. The van der Waals surface area contributed by atoms with Gasteiger partial charge in [-0.15, -0.1) is 0 Å². The number of carbonyl (C=O) groups is 2. The lowest BCUT2D eigenvalue weighted by Crippen LogP contribution is -2.48. The molecule has 1 N–H and O–H groups in total. The Kier molecular flexibility index (Phi) is 5.89. The van der Waals surface area contributed by atoms with E-state index in [1.165, 1.54) is 0 Å². The molecule has 138 valence electrons. The lowest BCUT2D eigenvalue weighted by Gasteiger charge is -2.35. The molecule has 26 heavy (non-hydrogen) atoms. The highest BCUT2D eigenvalue weighted by atomic mass is 16.5. The summed E-state index contributed by atoms with van der Waals surface area (Å²) >= 11 is 0. The number of esters is 1. The van der Waals surface area contributed by atoms with Gasteiger partial charge in [-0.3, -0.25) is 14.5 Å². The van der Waals surface area contributed by atoms with Gasteiger partial charge >= 0.3 is 5.97 Å². The summed E-state index contributed by atoms with van der Waals surface area (Å²) in [5, 5.41) is 5.24. The summed E-state index contributed by atoms with van der Waals surface area (Å²) in [6.07, 6.45) is 1.73. The predicted octanol–water partition coefficient (Wildman–Crippen LogP) is 3.44. The average Bonchev–Trinajstić information content (AvgIpc) is 2.67. The van der Waals surface area contributed by atoms with Crippen molar-refractivity contribution in [1.29, 1.82) is 0 Å². The topological polar surface area (TPSA) is 58.6 Å². The maximum Gasteiger partial charge on any atom is 0.310 e. The summed E-state index contributed by atoms with van der Waals surface area (Å²) in [4.78, 5) is 26.8. The second kappa shape index (κ2) is 8.32. The third-order valence-electron chi connectivity index (χ3n) is 5.02. The highest BCUT2D eigenvalue weighted by molar-refractivity contribution is 5.97. The summed E-state index contributed by atoms with van der Waals surface area (Å²) in [6.45, 7) is 5.50. The minimum absolute atomic E-state index is 0.0511. The van der Waals surface area contributed by atoms with Gasteiger partial charge in [0.05, 0.1) is 18.6 Å². The van der Waals surface area contributed by atoms with Gasteiger partial charge in [-0.1, -0.05) is 30.3 Å². The average molecular weight is 354 g/mol. The molecule has 1 amide bonds. The maximum atomic E-state index is 12.7. The molecule has 0 radical (unpaired) electrons. The Labute approximate surface area is 154 Å². The molecule has 3 rings (SSSR count). The van der Waals surface area contributed by atoms with Gasteiger partial charge in [-0.05, 0) is 56.1 Å². The highest BCUT2D eigenvalue weighted by Crippen LogP contribution is 2.22. The molecular formula is C21H26N2O3. The number of hydrogen-bond donors (Lipinski definition) is 1. The van der Waals surface area contributed by atoms with Crippen molar-refractivity contribution in [3.63, 3.8) is 0 Å². The van der Waals surface area contributed by atoms with Crippen molar-refractivity contribution >= 4 is 28.3 Å². The van der Waals surface area contributed by atoms with Gasteiger partial charge in [0.15, 0.2) is 0 Å². The zero-order valence-corrected chi connectivity index (χ0v) is 15.4. The first-order chi connectivity index (χ1) is 12.6. The number of fused-ring (bicyclic) bond motifs is 1. The monoisotopic (exact) mass is 354 g/mol. The van der Waals surface area contributed by atoms with Gasteiger partial charge in [0.1, 0.15) is 0 Å². The number of hydrogen-bond acceptors (Lipinski definition) is 4. The molecule has 1 aliphatic heterocycles. The Balaban J connectivity index is 1.63. The smallest absolute Gasteiger partial charge is 0.310 e. The zero-order valence-electron chi connectivity index (χ0n) is 15.4. The SMILES string of the molecule is CCOC(=O)C1CCCN(C(C)C(=O)Nc2ccc3ccccc3c2)C1. The van der Waals surface area contributed by atoms with Crippen LogP contribution in [0.25, 0.3) is 10.8 Å². The van der Waals surface area contributed by atoms with E-state index in [1.54, 1.807) is 0 Å². The minimum Gasteiger partial charge on any atom is -0.466 e. The molecule has 5 heteroatoms. The molecule has 5 nitrogen and oxygen atoms in total. The van der Waals surface area contributed by atoms with Crippen LogP contribution in [0.5, 0.6) is 0 Å². The molecule has 2 atom stereocenters. The first-order valence-electron chi connectivity index (χ1n) is 9.29. The van der Waals surface area contributed by atoms with E-state index in [9.17, 15) is 9.59 Å². The lowest BCUT2D eigenvalue weighted by molar-refractivity contribution is -0.150. The maximum absolute atomic E-state index is 12.7. The molecule has 0 spiro atoms. The highest BCUT2D eigenvalue weighted by Gasteiger charge is 2.31. The van der Waals surface area contributed by atoms with E-state index >= 15 is 0 Å². The Morgan fingerprint density at radius 2 is 2.00 bits per heavy atom. The molecule has 0 saturated carbocycles. The number of likely N-dealkylation sites (tertiary alicyclic amines) is 1. The first kappa shape index (κ1) is 18.4. The minimum atomic E-state index is -0.293. The second-order valence-electron chi connectivity index (χ2n) is 6.81. The lowest BCUT2D eigenvalue weighted by atomic mass is 9.97. The number of benzene rings is 2. The first-order valence-corrected chi connectivity index (χ1v) is 9.29. The Hall–Kier alpha value is -2.40. The van der Waals surface area contributed by atoms with Crippen LogP contribution < -0.4 is 5.32 Å². The second-order valence-corrected chi connectivity index (χ2v) is 6.81. The molecule has 1 aliphatic rings. The summed E-state index contributed by atoms with van der Waals surface area (Å²) in [5.74, 6) is -0.344. The number of ether oxygens (including phenoxy) is 1. The number of nitrogens with zero attached hydrogens (tertiary/aromatic N) is 1. The van der Waals surface area contributed by atoms with E-state index in [1.807, 2.05) is 56.3 Å². The van der Waals surface area contributed by atoms with Gasteiger partial charge in [-0.2, -0.15) is 0 Å². The largest absolute Gasteiger partial charge is 0.466 e. The van der Waals surface area contributed by atoms with Crippen molar-refractivity contribution in [2.75, 3.05) is 25.0 Å². The summed E-state index contributed by atoms with van der Waals surface area (Å²) in [5.41, 5.74) is 0.791. The van der Waals surface area contributed by atoms with Crippen molar-refractivity contribution in [2.45, 2.75) is 32.7 Å². The fourth-order valence-corrected chi connectivity index (χ4v) is 3.49. The van der Waals surface area contributed by atoms with Crippen LogP contribution in [0.4, 0.5) is 5.69 Å². The molecule has 1 heterocycles. The third kappa shape index (κ3) is 4.22. The van der Waals surface area contributed by atoms with E-state index in [-0.39, 0.29) is 23.8 Å². The number of amides is 1. The van der Waals surface area contributed by atoms with Crippen molar-refractivity contribution in [3.05, 3.63) is 42.5 Å². The van der Waals surface area contributed by atoms with Crippen LogP contribution in [0.3, 0.4) is 0 Å². The number of anilines is 1. The summed E-state index contributed by atoms with van der Waals surface area (Å²) < 4.78 is 5.14. The van der Waals surface area contributed by atoms with Crippen LogP contribution in [-0.2, 0) is 14.3 Å². The molecule has 0 bridgehead atoms. The standard InChI is InChI=1S/C21H26N2O3/c1-3-26-21(25)18-9-6-12-23(14-18)15(2)20(24)22-19-11-10-16-7-4-5-8-17(16)13-19/h4-5,7-8,10-11,13,15,18H,3,6,9,12,14H2,1-2H3,(H,22,24). The molecule has 0 aromatic heterocycles. The summed E-state index contributed by atoms with van der Waals surface area (Å²) in [7, 11) is 0. The van der Waals surface area contributed by atoms with Gasteiger partial charge < -0.3 is 10.1 Å². The number of rotatable bonds is 5. The third-order valence-corrected chi connectivity index (χ3v) is 5.02. The molecule has 2 unspecified atom stereocenters. The molecule has 2 aromatic carbocycles. The van der Waals surface area contributed by atoms with E-state index in [0.717, 1.165) is 35.8 Å². The van der Waals surface area contributed by atoms with Gasteiger partial charge in [0.25, 0.3) is 0 Å². The van der Waals surface area contributed by atoms with Gasteiger partial charge in [0.2, 0.25) is 5.91 Å². The van der Waals surface area contributed by atoms with E-state index in [4.69, 9.17) is 4.74 Å². The van der Waals surface area contributed by atoms with Crippen LogP contribution in [0.2, 0.25) is 0 Å². The van der Waals surface area contributed by atoms with Crippen LogP contribution in [0.1, 0.15) is 26.7 Å². The van der Waals surface area contributed by atoms with Gasteiger partial charge in [0, 0.05) is 12.2 Å². The normalized spacial score (nSPS) is 19.1. The fourth-order valence-electron chi connectivity index (χ4n) is 3.49. The zero-order chi connectivity index (χ0) is 18.5. The number of nitrogens with one attached hydrogen (secondary N) is 1. The molecule has 1 saturated heterocycles. The van der Waals surface area contributed by atoms with Crippen molar-refractivity contribution in [1.82, 2.24) is 4.90 Å². The Morgan fingerprint density at radius 1 is 1.23 bits per heavy atom. The molecule has 1 fully saturated rings. The van der Waals surface area contributed by atoms with Crippen molar-refractivity contribution in [3.8, 4) is 0 Å². The van der Waals surface area contributed by atoms with E-state index in [0.29, 0.717) is 13.2 Å². The number of carbonyl (C=O) groups excluding carboxylic acids is 2. The predicted molar refractivity (Wildman–Crippen MR) is 103 cm³/mol. The Morgan fingerprint density at radius 3 is 2.77 bits per heavy atom. The van der Waals surface area contributed by atoms with Crippen LogP contribution in [0.15, 0.2) is 42.5 Å². The van der Waals surface area contributed by atoms with Crippen LogP contribution in [-0.4, -0.2) is 42.5 Å².